The molecule has 246 valence electrons. The first-order chi connectivity index (χ1) is 21.1. The summed E-state index contributed by atoms with van der Waals surface area (Å²) in [6, 6.07) is 16.2. The number of nitrogens with zero attached hydrogens (tertiary/aromatic N) is 1. The van der Waals surface area contributed by atoms with Gasteiger partial charge >= 0.3 is 11.8 Å². The maximum Gasteiger partial charge on any atom is 0.309 e. The predicted octanol–water partition coefficient (Wildman–Crippen LogP) is 1.79. The Morgan fingerprint density at radius 2 is 1.53 bits per heavy atom. The Morgan fingerprint density at radius 3 is 2.07 bits per heavy atom. The van der Waals surface area contributed by atoms with E-state index in [-0.39, 0.29) is 30.5 Å². The molecule has 0 bridgehead atoms. The number of aliphatic hydroxyl groups excluding tert-OH is 1. The molecule has 0 aliphatic carbocycles. The fourth-order valence-electron chi connectivity index (χ4n) is 4.77. The number of nitrogens with two attached hydrogens (primary N) is 1. The van der Waals surface area contributed by atoms with Gasteiger partial charge in [0.15, 0.2) is 0 Å². The summed E-state index contributed by atoms with van der Waals surface area (Å²) < 4.78 is 39.9. The van der Waals surface area contributed by atoms with E-state index in [0.29, 0.717) is 6.42 Å². The second-order valence-corrected chi connectivity index (χ2v) is 14.4. The zero-order valence-electron chi connectivity index (χ0n) is 26.3. The standard InChI is InChI=1S/C32H44N4O8S/c1-21(2)18-36(45(41,42)27-20-43-26(44-27)17-23-14-10-7-11-15-23)19-25(37)24(16-22-12-8-6-9-13-22)34-30(39)28(32(3,4)5)35-31(40)29(33)38/h6-15,20-21,24-26,28,37H,16-19H2,1-5H3,(H2,33,38)(H,34,39)(H,35,40). The SMILES string of the molecule is CC(C)CN(CC(O)C(Cc1ccccc1)NC(=O)C(NC(=O)C(N)=O)C(C)(C)C)S(=O)(=O)C1=COC(Cc2ccccc2)O1. The molecule has 3 amide bonds. The van der Waals surface area contributed by atoms with Crippen LogP contribution in [0.2, 0.25) is 0 Å². The molecule has 12 nitrogen and oxygen atoms in total. The molecule has 1 aliphatic rings. The van der Waals surface area contributed by atoms with Crippen LogP contribution in [0.1, 0.15) is 45.7 Å². The van der Waals surface area contributed by atoms with Crippen LogP contribution in [0.4, 0.5) is 0 Å². The lowest BCUT2D eigenvalue weighted by Gasteiger charge is -2.34. The van der Waals surface area contributed by atoms with Crippen molar-refractivity contribution >= 4 is 27.7 Å². The molecule has 5 N–H and O–H groups in total. The number of sulfonamides is 1. The summed E-state index contributed by atoms with van der Waals surface area (Å²) in [7, 11) is -4.25. The van der Waals surface area contributed by atoms with Crippen molar-refractivity contribution in [1.29, 1.82) is 0 Å². The lowest BCUT2D eigenvalue weighted by Crippen LogP contribution is -2.60. The number of ether oxygens (including phenoxy) is 2. The molecule has 1 heterocycles. The number of rotatable bonds is 14. The van der Waals surface area contributed by atoms with E-state index in [4.69, 9.17) is 15.2 Å². The van der Waals surface area contributed by atoms with Crippen LogP contribution >= 0.6 is 0 Å². The van der Waals surface area contributed by atoms with Crippen molar-refractivity contribution in [3.05, 3.63) is 83.1 Å². The maximum absolute atomic E-state index is 13.8. The van der Waals surface area contributed by atoms with Crippen LogP contribution in [0.15, 0.2) is 72.0 Å². The highest BCUT2D eigenvalue weighted by molar-refractivity contribution is 7.92. The Kier molecular flexibility index (Phi) is 12.1. The number of nitrogens with one attached hydrogen (secondary N) is 2. The summed E-state index contributed by atoms with van der Waals surface area (Å²) in [6.07, 6.45) is -0.682. The van der Waals surface area contributed by atoms with Gasteiger partial charge in [-0.1, -0.05) is 95.3 Å². The molecular formula is C32H44N4O8S. The van der Waals surface area contributed by atoms with Gasteiger partial charge in [0.1, 0.15) is 12.3 Å². The van der Waals surface area contributed by atoms with Crippen molar-refractivity contribution in [1.82, 2.24) is 14.9 Å². The summed E-state index contributed by atoms with van der Waals surface area (Å²) >= 11 is 0. The first-order valence-corrected chi connectivity index (χ1v) is 16.2. The second-order valence-electron chi connectivity index (χ2n) is 12.5. The van der Waals surface area contributed by atoms with Crippen molar-refractivity contribution in [2.45, 2.75) is 71.9 Å². The Morgan fingerprint density at radius 1 is 0.956 bits per heavy atom. The van der Waals surface area contributed by atoms with Crippen molar-refractivity contribution in [3.63, 3.8) is 0 Å². The maximum atomic E-state index is 13.8. The third-order valence-corrected chi connectivity index (χ3v) is 8.76. The zero-order chi connectivity index (χ0) is 33.4. The molecule has 2 aromatic carbocycles. The molecule has 0 saturated heterocycles. The highest BCUT2D eigenvalue weighted by Crippen LogP contribution is 2.26. The van der Waals surface area contributed by atoms with E-state index in [2.05, 4.69) is 10.6 Å². The van der Waals surface area contributed by atoms with Crippen LogP contribution in [0.25, 0.3) is 0 Å². The van der Waals surface area contributed by atoms with Gasteiger partial charge in [0, 0.05) is 19.5 Å². The van der Waals surface area contributed by atoms with Gasteiger partial charge in [-0.3, -0.25) is 14.4 Å². The normalized spacial score (nSPS) is 17.1. The fourth-order valence-corrected chi connectivity index (χ4v) is 6.27. The highest BCUT2D eigenvalue weighted by atomic mass is 32.2. The smallest absolute Gasteiger partial charge is 0.309 e. The zero-order valence-corrected chi connectivity index (χ0v) is 27.1. The van der Waals surface area contributed by atoms with Crippen LogP contribution in [0.5, 0.6) is 0 Å². The van der Waals surface area contributed by atoms with Gasteiger partial charge in [-0.15, -0.1) is 0 Å². The lowest BCUT2D eigenvalue weighted by molar-refractivity contribution is -0.140. The summed E-state index contributed by atoms with van der Waals surface area (Å²) in [4.78, 5) is 37.1. The van der Waals surface area contributed by atoms with Gasteiger partial charge in [0.2, 0.25) is 12.2 Å². The fraction of sp³-hybridized carbons (Fsp3) is 0.469. The van der Waals surface area contributed by atoms with Gasteiger partial charge in [-0.05, 0) is 28.9 Å². The quantitative estimate of drug-likeness (QED) is 0.225. The summed E-state index contributed by atoms with van der Waals surface area (Å²) in [5.41, 5.74) is 5.94. The average Bonchev–Trinajstić information content (AvgIpc) is 3.44. The van der Waals surface area contributed by atoms with Crippen LogP contribution in [0.3, 0.4) is 0 Å². The van der Waals surface area contributed by atoms with Crippen molar-refractivity contribution < 1.29 is 37.4 Å². The van der Waals surface area contributed by atoms with E-state index in [0.717, 1.165) is 21.7 Å². The molecule has 4 atom stereocenters. The first kappa shape index (κ1) is 35.5. The molecule has 0 fully saturated rings. The number of carbonyl (C=O) groups is 3. The van der Waals surface area contributed by atoms with Gasteiger partial charge < -0.3 is 30.9 Å². The van der Waals surface area contributed by atoms with E-state index >= 15 is 0 Å². The van der Waals surface area contributed by atoms with Crippen molar-refractivity contribution in [3.8, 4) is 0 Å². The van der Waals surface area contributed by atoms with E-state index in [1.165, 1.54) is 0 Å². The van der Waals surface area contributed by atoms with Gasteiger partial charge in [-0.25, -0.2) is 8.42 Å². The third kappa shape index (κ3) is 10.3. The van der Waals surface area contributed by atoms with Gasteiger partial charge in [0.25, 0.3) is 15.1 Å². The average molecular weight is 645 g/mol. The number of hydrogen-bond acceptors (Lipinski definition) is 8. The molecule has 2 aromatic rings. The highest BCUT2D eigenvalue weighted by Gasteiger charge is 2.39. The number of carbonyl (C=O) groups excluding carboxylic acids is 3. The first-order valence-electron chi connectivity index (χ1n) is 14.8. The molecule has 3 rings (SSSR count). The van der Waals surface area contributed by atoms with Gasteiger partial charge in [-0.2, -0.15) is 4.31 Å². The minimum atomic E-state index is -4.25. The largest absolute Gasteiger partial charge is 0.457 e. The minimum Gasteiger partial charge on any atom is -0.457 e. The summed E-state index contributed by atoms with van der Waals surface area (Å²) in [5.74, 6) is -3.16. The number of benzene rings is 2. The van der Waals surface area contributed by atoms with E-state index in [9.17, 15) is 27.9 Å². The molecule has 45 heavy (non-hydrogen) atoms. The van der Waals surface area contributed by atoms with Crippen LogP contribution < -0.4 is 16.4 Å². The van der Waals surface area contributed by atoms with E-state index in [1.54, 1.807) is 32.9 Å². The summed E-state index contributed by atoms with van der Waals surface area (Å²) in [6.45, 7) is 8.44. The lowest BCUT2D eigenvalue weighted by atomic mass is 9.85. The molecule has 4 unspecified atom stereocenters. The Balaban J connectivity index is 1.84. The molecule has 0 aromatic heterocycles. The van der Waals surface area contributed by atoms with Crippen LogP contribution in [-0.4, -0.2) is 73.1 Å². The number of amides is 3. The monoisotopic (exact) mass is 644 g/mol. The molecule has 13 heteroatoms. The topological polar surface area (TPSA) is 177 Å². The van der Waals surface area contributed by atoms with E-state index in [1.807, 2.05) is 62.4 Å². The molecular weight excluding hydrogens is 600 g/mol. The third-order valence-electron chi connectivity index (χ3n) is 7.08. The predicted molar refractivity (Wildman–Crippen MR) is 168 cm³/mol. The Bertz CT molecular complexity index is 1440. The van der Waals surface area contributed by atoms with Crippen LogP contribution in [0, 0.1) is 11.3 Å². The molecule has 0 radical (unpaired) electrons. The Hall–Kier alpha value is -3.94. The molecule has 0 spiro atoms. The molecule has 0 saturated carbocycles. The van der Waals surface area contributed by atoms with Crippen molar-refractivity contribution in [2.24, 2.45) is 17.1 Å². The Labute approximate surface area is 265 Å². The minimum absolute atomic E-state index is 0.0503. The van der Waals surface area contributed by atoms with Crippen LogP contribution in [-0.2, 0) is 46.7 Å². The summed E-state index contributed by atoms with van der Waals surface area (Å²) in [5, 5.41) is 16.3. The van der Waals surface area contributed by atoms with Crippen molar-refractivity contribution in [2.75, 3.05) is 13.1 Å². The second kappa shape index (κ2) is 15.4. The van der Waals surface area contributed by atoms with Gasteiger partial charge in [0.05, 0.1) is 12.1 Å². The number of hydrogen-bond donors (Lipinski definition) is 4. The number of primary amides is 1. The molecule has 1 aliphatic heterocycles. The van der Waals surface area contributed by atoms with E-state index < -0.39 is 57.6 Å². The number of aliphatic hydroxyl groups is 1.